The molecule has 3 rings (SSSR count). The van der Waals surface area contributed by atoms with Gasteiger partial charge in [-0.05, 0) is 57.2 Å². The molecule has 2 fully saturated rings. The maximum absolute atomic E-state index is 12.5. The molecule has 2 amide bonds. The molecule has 2 bridgehead atoms. The summed E-state index contributed by atoms with van der Waals surface area (Å²) in [5.41, 5.74) is 3.57. The van der Waals surface area contributed by atoms with Gasteiger partial charge in [-0.25, -0.2) is 4.79 Å². The number of amides is 2. The van der Waals surface area contributed by atoms with Gasteiger partial charge in [0.2, 0.25) is 0 Å². The molecular formula is C17H22N2O. The molecule has 2 unspecified atom stereocenters. The Bertz CT molecular complexity index is 534. The second-order valence-electron chi connectivity index (χ2n) is 5.95. The molecule has 1 aromatic rings. The Balaban J connectivity index is 1.72. The van der Waals surface area contributed by atoms with Crippen LogP contribution in [0.25, 0.3) is 0 Å². The van der Waals surface area contributed by atoms with Crippen LogP contribution in [0.2, 0.25) is 0 Å². The van der Waals surface area contributed by atoms with E-state index in [9.17, 15) is 4.79 Å². The van der Waals surface area contributed by atoms with Gasteiger partial charge in [0.1, 0.15) is 0 Å². The zero-order valence-corrected chi connectivity index (χ0v) is 12.2. The number of fused-ring (bicyclic) bond motifs is 2. The van der Waals surface area contributed by atoms with E-state index in [-0.39, 0.29) is 6.03 Å². The number of piperidine rings is 1. The second kappa shape index (κ2) is 5.31. The molecule has 0 aliphatic carbocycles. The van der Waals surface area contributed by atoms with Crippen LogP contribution < -0.4 is 5.32 Å². The SMILES string of the molecule is CC=C1CC2CCC(C1)N2C(=O)Nc1cccc(C)c1. The van der Waals surface area contributed by atoms with E-state index in [1.165, 1.54) is 11.1 Å². The summed E-state index contributed by atoms with van der Waals surface area (Å²) in [7, 11) is 0. The van der Waals surface area contributed by atoms with Crippen molar-refractivity contribution in [2.45, 2.75) is 51.6 Å². The fourth-order valence-corrected chi connectivity index (χ4v) is 3.53. The van der Waals surface area contributed by atoms with E-state index < -0.39 is 0 Å². The molecule has 2 aliphatic rings. The van der Waals surface area contributed by atoms with Gasteiger partial charge in [0, 0.05) is 17.8 Å². The zero-order valence-electron chi connectivity index (χ0n) is 12.2. The number of allylic oxidation sites excluding steroid dienone is 1. The number of nitrogens with zero attached hydrogens (tertiary/aromatic N) is 1. The first-order valence-corrected chi connectivity index (χ1v) is 7.47. The molecular weight excluding hydrogens is 248 g/mol. The summed E-state index contributed by atoms with van der Waals surface area (Å²) in [6.45, 7) is 4.15. The van der Waals surface area contributed by atoms with Crippen molar-refractivity contribution < 1.29 is 4.79 Å². The Morgan fingerprint density at radius 3 is 2.60 bits per heavy atom. The predicted molar refractivity (Wildman–Crippen MR) is 81.8 cm³/mol. The molecule has 3 heteroatoms. The van der Waals surface area contributed by atoms with E-state index in [4.69, 9.17) is 0 Å². The van der Waals surface area contributed by atoms with E-state index in [0.29, 0.717) is 12.1 Å². The van der Waals surface area contributed by atoms with Crippen LogP contribution in [0.1, 0.15) is 38.2 Å². The van der Waals surface area contributed by atoms with E-state index >= 15 is 0 Å². The molecule has 1 aromatic carbocycles. The molecule has 0 saturated carbocycles. The molecule has 106 valence electrons. The van der Waals surface area contributed by atoms with Crippen LogP contribution in [0, 0.1) is 6.92 Å². The average Bonchev–Trinajstić information content (AvgIpc) is 2.69. The van der Waals surface area contributed by atoms with E-state index in [2.05, 4.69) is 23.2 Å². The Hall–Kier alpha value is -1.77. The topological polar surface area (TPSA) is 32.3 Å². The van der Waals surface area contributed by atoms with Crippen molar-refractivity contribution in [2.24, 2.45) is 0 Å². The van der Waals surface area contributed by atoms with Gasteiger partial charge in [0.25, 0.3) is 0 Å². The van der Waals surface area contributed by atoms with Gasteiger partial charge in [0.05, 0.1) is 0 Å². The lowest BCUT2D eigenvalue weighted by atomic mass is 9.97. The lowest BCUT2D eigenvalue weighted by Gasteiger charge is -2.36. The number of hydrogen-bond acceptors (Lipinski definition) is 1. The number of anilines is 1. The maximum atomic E-state index is 12.5. The molecule has 2 saturated heterocycles. The summed E-state index contributed by atoms with van der Waals surface area (Å²) < 4.78 is 0. The molecule has 20 heavy (non-hydrogen) atoms. The van der Waals surface area contributed by atoms with Crippen LogP contribution in [0.15, 0.2) is 35.9 Å². The average molecular weight is 270 g/mol. The number of hydrogen-bond donors (Lipinski definition) is 1. The summed E-state index contributed by atoms with van der Waals surface area (Å²) in [5.74, 6) is 0. The van der Waals surface area contributed by atoms with Gasteiger partial charge < -0.3 is 10.2 Å². The lowest BCUT2D eigenvalue weighted by molar-refractivity contribution is 0.174. The van der Waals surface area contributed by atoms with Crippen LogP contribution in [0.5, 0.6) is 0 Å². The molecule has 0 aromatic heterocycles. The van der Waals surface area contributed by atoms with E-state index in [1.807, 2.05) is 31.2 Å². The first-order chi connectivity index (χ1) is 9.67. The minimum atomic E-state index is 0.0678. The maximum Gasteiger partial charge on any atom is 0.322 e. The molecule has 0 radical (unpaired) electrons. The minimum absolute atomic E-state index is 0.0678. The smallest absolute Gasteiger partial charge is 0.318 e. The summed E-state index contributed by atoms with van der Waals surface area (Å²) >= 11 is 0. The lowest BCUT2D eigenvalue weighted by Crippen LogP contribution is -2.46. The van der Waals surface area contributed by atoms with Crippen molar-refractivity contribution in [1.82, 2.24) is 4.90 Å². The van der Waals surface area contributed by atoms with Crippen LogP contribution in [-0.2, 0) is 0 Å². The van der Waals surface area contributed by atoms with Crippen LogP contribution in [0.4, 0.5) is 10.5 Å². The first kappa shape index (κ1) is 13.2. The first-order valence-electron chi connectivity index (χ1n) is 7.47. The number of benzene rings is 1. The zero-order chi connectivity index (χ0) is 14.1. The van der Waals surface area contributed by atoms with Crippen molar-refractivity contribution in [3.05, 3.63) is 41.5 Å². The fraction of sp³-hybridized carbons (Fsp3) is 0.471. The monoisotopic (exact) mass is 270 g/mol. The van der Waals surface area contributed by atoms with Crippen molar-refractivity contribution in [2.75, 3.05) is 5.32 Å². The fourth-order valence-electron chi connectivity index (χ4n) is 3.53. The Kier molecular flexibility index (Phi) is 3.51. The summed E-state index contributed by atoms with van der Waals surface area (Å²) in [4.78, 5) is 14.6. The quantitative estimate of drug-likeness (QED) is 0.766. The number of carbonyl (C=O) groups excluding carboxylic acids is 1. The third-order valence-electron chi connectivity index (χ3n) is 4.53. The van der Waals surface area contributed by atoms with Gasteiger partial charge in [-0.15, -0.1) is 0 Å². The normalized spacial score (nSPS) is 24.7. The molecule has 3 nitrogen and oxygen atoms in total. The number of aryl methyl sites for hydroxylation is 1. The predicted octanol–water partition coefficient (Wildman–Crippen LogP) is 4.10. The van der Waals surface area contributed by atoms with Crippen molar-refractivity contribution in [3.8, 4) is 0 Å². The van der Waals surface area contributed by atoms with Crippen LogP contribution >= 0.6 is 0 Å². The van der Waals surface area contributed by atoms with Crippen LogP contribution in [0.3, 0.4) is 0 Å². The molecule has 2 atom stereocenters. The highest BCUT2D eigenvalue weighted by Gasteiger charge is 2.41. The molecule has 0 spiro atoms. The molecule has 2 heterocycles. The third kappa shape index (κ3) is 2.45. The van der Waals surface area contributed by atoms with E-state index in [1.54, 1.807) is 0 Å². The number of urea groups is 1. The Morgan fingerprint density at radius 2 is 2.00 bits per heavy atom. The van der Waals surface area contributed by atoms with Crippen molar-refractivity contribution >= 4 is 11.7 Å². The molecule has 1 N–H and O–H groups in total. The number of carbonyl (C=O) groups is 1. The van der Waals surface area contributed by atoms with Crippen molar-refractivity contribution in [1.29, 1.82) is 0 Å². The number of rotatable bonds is 1. The Morgan fingerprint density at radius 1 is 1.30 bits per heavy atom. The second-order valence-corrected chi connectivity index (χ2v) is 5.95. The highest BCUT2D eigenvalue weighted by atomic mass is 16.2. The Labute approximate surface area is 120 Å². The van der Waals surface area contributed by atoms with Gasteiger partial charge in [-0.2, -0.15) is 0 Å². The molecule has 2 aliphatic heterocycles. The largest absolute Gasteiger partial charge is 0.322 e. The van der Waals surface area contributed by atoms with Gasteiger partial charge >= 0.3 is 6.03 Å². The van der Waals surface area contributed by atoms with Crippen molar-refractivity contribution in [3.63, 3.8) is 0 Å². The van der Waals surface area contributed by atoms with Gasteiger partial charge in [0.15, 0.2) is 0 Å². The minimum Gasteiger partial charge on any atom is -0.318 e. The standard InChI is InChI=1S/C17H22N2O/c1-3-13-10-15-7-8-16(11-13)19(15)17(20)18-14-6-4-5-12(2)9-14/h3-6,9,15-16H,7-8,10-11H2,1-2H3,(H,18,20). The van der Waals surface area contributed by atoms with Gasteiger partial charge in [-0.3, -0.25) is 0 Å². The highest BCUT2D eigenvalue weighted by molar-refractivity contribution is 5.90. The van der Waals surface area contributed by atoms with Crippen LogP contribution in [-0.4, -0.2) is 23.0 Å². The summed E-state index contributed by atoms with van der Waals surface area (Å²) in [5, 5.41) is 3.05. The number of nitrogens with one attached hydrogen (secondary N) is 1. The summed E-state index contributed by atoms with van der Waals surface area (Å²) in [6.07, 6.45) is 6.61. The van der Waals surface area contributed by atoms with E-state index in [0.717, 1.165) is 31.4 Å². The summed E-state index contributed by atoms with van der Waals surface area (Å²) in [6, 6.07) is 8.84. The van der Waals surface area contributed by atoms with Gasteiger partial charge in [-0.1, -0.05) is 23.8 Å². The highest BCUT2D eigenvalue weighted by Crippen LogP contribution is 2.38. The third-order valence-corrected chi connectivity index (χ3v) is 4.53.